The van der Waals surface area contributed by atoms with Crippen molar-refractivity contribution < 1.29 is 0 Å². The molecular formula is C18H14Cl2N2. The number of aryl methyl sites for hydroxylation is 1. The summed E-state index contributed by atoms with van der Waals surface area (Å²) >= 11 is 12.1. The summed E-state index contributed by atoms with van der Waals surface area (Å²) in [4.78, 5) is 0. The molecule has 3 rings (SSSR count). The Balaban J connectivity index is 2.14. The highest BCUT2D eigenvalue weighted by atomic mass is 35.5. The Morgan fingerprint density at radius 1 is 1.14 bits per heavy atom. The minimum absolute atomic E-state index is 0.548. The molecule has 0 N–H and O–H groups in total. The van der Waals surface area contributed by atoms with E-state index in [9.17, 15) is 5.26 Å². The first kappa shape index (κ1) is 15.0. The number of fused-ring (bicyclic) bond motifs is 1. The standard InChI is InChI=1S/C18H14Cl2N2/c1-2-13-4-3-5-15-14(9-21)11-22(18(13)15)10-12-6-7-16(19)17(20)8-12/h3-8,11H,2,10H2,1H3. The van der Waals surface area contributed by atoms with E-state index in [-0.39, 0.29) is 0 Å². The number of rotatable bonds is 3. The first-order chi connectivity index (χ1) is 10.6. The van der Waals surface area contributed by atoms with E-state index >= 15 is 0 Å². The number of nitrogens with zero attached hydrogens (tertiary/aromatic N) is 2. The van der Waals surface area contributed by atoms with Crippen LogP contribution in [0.2, 0.25) is 10.0 Å². The van der Waals surface area contributed by atoms with Crippen LogP contribution < -0.4 is 0 Å². The van der Waals surface area contributed by atoms with Gasteiger partial charge in [-0.05, 0) is 29.7 Å². The third-order valence-corrected chi connectivity index (χ3v) is 4.56. The lowest BCUT2D eigenvalue weighted by molar-refractivity contribution is 0.830. The molecule has 4 heteroatoms. The molecule has 22 heavy (non-hydrogen) atoms. The maximum atomic E-state index is 9.36. The second-order valence-corrected chi connectivity index (χ2v) is 6.01. The number of hydrogen-bond donors (Lipinski definition) is 0. The molecule has 0 aliphatic carbocycles. The fraction of sp³-hybridized carbons (Fsp3) is 0.167. The molecule has 0 unspecified atom stereocenters. The molecule has 0 bridgehead atoms. The fourth-order valence-electron chi connectivity index (χ4n) is 2.77. The molecule has 0 radical (unpaired) electrons. The maximum absolute atomic E-state index is 9.36. The minimum Gasteiger partial charge on any atom is -0.341 e. The predicted molar refractivity (Wildman–Crippen MR) is 91.6 cm³/mol. The van der Waals surface area contributed by atoms with Crippen molar-refractivity contribution in [2.24, 2.45) is 0 Å². The summed E-state index contributed by atoms with van der Waals surface area (Å²) in [6.07, 6.45) is 2.83. The van der Waals surface area contributed by atoms with Crippen LogP contribution in [0.5, 0.6) is 0 Å². The van der Waals surface area contributed by atoms with Crippen LogP contribution in [0.4, 0.5) is 0 Å². The predicted octanol–water partition coefficient (Wildman–Crippen LogP) is 5.43. The monoisotopic (exact) mass is 328 g/mol. The Morgan fingerprint density at radius 2 is 1.95 bits per heavy atom. The van der Waals surface area contributed by atoms with Crippen LogP contribution in [0, 0.1) is 11.3 Å². The van der Waals surface area contributed by atoms with Gasteiger partial charge in [-0.1, -0.05) is 54.4 Å². The molecule has 0 aliphatic heterocycles. The third kappa shape index (κ3) is 2.59. The molecule has 1 aromatic heterocycles. The van der Waals surface area contributed by atoms with E-state index in [1.165, 1.54) is 5.56 Å². The molecular weight excluding hydrogens is 315 g/mol. The van der Waals surface area contributed by atoms with Crippen molar-refractivity contribution >= 4 is 34.1 Å². The van der Waals surface area contributed by atoms with Crippen molar-refractivity contribution in [1.82, 2.24) is 4.57 Å². The molecule has 1 heterocycles. The number of aromatic nitrogens is 1. The van der Waals surface area contributed by atoms with Gasteiger partial charge in [0.15, 0.2) is 0 Å². The summed E-state index contributed by atoms with van der Waals surface area (Å²) in [7, 11) is 0. The maximum Gasteiger partial charge on any atom is 0.101 e. The normalized spacial score (nSPS) is 10.8. The van der Waals surface area contributed by atoms with Gasteiger partial charge >= 0.3 is 0 Å². The van der Waals surface area contributed by atoms with Gasteiger partial charge in [-0.15, -0.1) is 0 Å². The van der Waals surface area contributed by atoms with Gasteiger partial charge in [-0.2, -0.15) is 5.26 Å². The van der Waals surface area contributed by atoms with Crippen molar-refractivity contribution in [3.05, 3.63) is 69.3 Å². The highest BCUT2D eigenvalue weighted by molar-refractivity contribution is 6.42. The van der Waals surface area contributed by atoms with Gasteiger partial charge < -0.3 is 4.57 Å². The van der Waals surface area contributed by atoms with Crippen molar-refractivity contribution in [1.29, 1.82) is 5.26 Å². The van der Waals surface area contributed by atoms with Gasteiger partial charge in [0.2, 0.25) is 0 Å². The van der Waals surface area contributed by atoms with E-state index in [4.69, 9.17) is 23.2 Å². The smallest absolute Gasteiger partial charge is 0.101 e. The summed E-state index contributed by atoms with van der Waals surface area (Å²) in [6, 6.07) is 14.0. The van der Waals surface area contributed by atoms with Gasteiger partial charge in [-0.3, -0.25) is 0 Å². The third-order valence-electron chi connectivity index (χ3n) is 3.82. The lowest BCUT2D eigenvalue weighted by Crippen LogP contribution is -2.00. The number of nitriles is 1. The summed E-state index contributed by atoms with van der Waals surface area (Å²) in [5, 5.41) is 11.5. The van der Waals surface area contributed by atoms with Crippen molar-refractivity contribution in [2.45, 2.75) is 19.9 Å². The SMILES string of the molecule is CCc1cccc2c(C#N)cn(Cc3ccc(Cl)c(Cl)c3)c12. The zero-order valence-corrected chi connectivity index (χ0v) is 13.6. The Bertz CT molecular complexity index is 888. The Hall–Kier alpha value is -1.95. The fourth-order valence-corrected chi connectivity index (χ4v) is 3.09. The van der Waals surface area contributed by atoms with Crippen LogP contribution in [0.15, 0.2) is 42.6 Å². The topological polar surface area (TPSA) is 28.7 Å². The van der Waals surface area contributed by atoms with Gasteiger partial charge in [0, 0.05) is 18.1 Å². The van der Waals surface area contributed by atoms with E-state index < -0.39 is 0 Å². The van der Waals surface area contributed by atoms with E-state index in [0.717, 1.165) is 22.9 Å². The van der Waals surface area contributed by atoms with Gasteiger partial charge in [0.05, 0.1) is 21.1 Å². The van der Waals surface area contributed by atoms with Crippen LogP contribution in [-0.2, 0) is 13.0 Å². The molecule has 0 saturated heterocycles. The summed E-state index contributed by atoms with van der Waals surface area (Å²) < 4.78 is 2.12. The van der Waals surface area contributed by atoms with Crippen LogP contribution in [-0.4, -0.2) is 4.57 Å². The van der Waals surface area contributed by atoms with Crippen LogP contribution in [0.25, 0.3) is 10.9 Å². The lowest BCUT2D eigenvalue weighted by Gasteiger charge is -2.09. The van der Waals surface area contributed by atoms with E-state index in [0.29, 0.717) is 22.2 Å². The average molecular weight is 329 g/mol. The Labute approximate surface area is 139 Å². The van der Waals surface area contributed by atoms with Crippen LogP contribution >= 0.6 is 23.2 Å². The Morgan fingerprint density at radius 3 is 2.64 bits per heavy atom. The zero-order chi connectivity index (χ0) is 15.7. The van der Waals surface area contributed by atoms with Crippen molar-refractivity contribution in [2.75, 3.05) is 0 Å². The quantitative estimate of drug-likeness (QED) is 0.630. The van der Waals surface area contributed by atoms with E-state index in [1.807, 2.05) is 30.5 Å². The Kier molecular flexibility index (Phi) is 4.11. The van der Waals surface area contributed by atoms with Gasteiger partial charge in [0.25, 0.3) is 0 Å². The second-order valence-electron chi connectivity index (χ2n) is 5.20. The molecule has 0 fully saturated rings. The first-order valence-corrected chi connectivity index (χ1v) is 7.84. The zero-order valence-electron chi connectivity index (χ0n) is 12.1. The number of benzene rings is 2. The number of hydrogen-bond acceptors (Lipinski definition) is 1. The van der Waals surface area contributed by atoms with Crippen LogP contribution in [0.1, 0.15) is 23.6 Å². The summed E-state index contributed by atoms with van der Waals surface area (Å²) in [5.74, 6) is 0. The van der Waals surface area contributed by atoms with E-state index in [1.54, 1.807) is 6.07 Å². The molecule has 2 aromatic carbocycles. The largest absolute Gasteiger partial charge is 0.341 e. The average Bonchev–Trinajstić information content (AvgIpc) is 2.89. The molecule has 110 valence electrons. The highest BCUT2D eigenvalue weighted by Crippen LogP contribution is 2.27. The molecule has 2 nitrogen and oxygen atoms in total. The minimum atomic E-state index is 0.548. The first-order valence-electron chi connectivity index (χ1n) is 7.08. The summed E-state index contributed by atoms with van der Waals surface area (Å²) in [5.41, 5.74) is 4.11. The second kappa shape index (κ2) is 6.04. The summed E-state index contributed by atoms with van der Waals surface area (Å²) in [6.45, 7) is 2.78. The van der Waals surface area contributed by atoms with E-state index in [2.05, 4.69) is 23.6 Å². The molecule has 0 atom stereocenters. The molecule has 0 amide bonds. The molecule has 0 aliphatic rings. The molecule has 0 saturated carbocycles. The van der Waals surface area contributed by atoms with Crippen molar-refractivity contribution in [3.63, 3.8) is 0 Å². The highest BCUT2D eigenvalue weighted by Gasteiger charge is 2.12. The van der Waals surface area contributed by atoms with Gasteiger partial charge in [0.1, 0.15) is 6.07 Å². The number of halogens is 2. The molecule has 3 aromatic rings. The lowest BCUT2D eigenvalue weighted by atomic mass is 10.1. The number of para-hydroxylation sites is 1. The molecule has 0 spiro atoms. The van der Waals surface area contributed by atoms with Crippen molar-refractivity contribution in [3.8, 4) is 6.07 Å². The van der Waals surface area contributed by atoms with Gasteiger partial charge in [-0.25, -0.2) is 0 Å². The van der Waals surface area contributed by atoms with Crippen LogP contribution in [0.3, 0.4) is 0 Å².